The molecule has 1 amide bonds. The lowest BCUT2D eigenvalue weighted by atomic mass is 10.0. The average molecular weight is 307 g/mol. The Morgan fingerprint density at radius 2 is 1.70 bits per heavy atom. The van der Waals surface area contributed by atoms with Gasteiger partial charge in [-0.15, -0.1) is 0 Å². The molecule has 118 valence electrons. The lowest BCUT2D eigenvalue weighted by Gasteiger charge is -2.27. The van der Waals surface area contributed by atoms with E-state index in [0.717, 1.165) is 49.5 Å². The minimum atomic E-state index is 0.0866. The second-order valence-corrected chi connectivity index (χ2v) is 6.32. The Bertz CT molecular complexity index is 718. The summed E-state index contributed by atoms with van der Waals surface area (Å²) in [4.78, 5) is 13.9. The molecule has 0 atom stereocenters. The van der Waals surface area contributed by atoms with Crippen molar-refractivity contribution in [2.24, 2.45) is 0 Å². The predicted octanol–water partition coefficient (Wildman–Crippen LogP) is 2.25. The number of nitrogens with zero attached hydrogens (tertiary/aromatic N) is 1. The molecule has 0 bridgehead atoms. The first-order valence-corrected chi connectivity index (χ1v) is 8.23. The molecule has 2 aliphatic heterocycles. The molecule has 0 unspecified atom stereocenters. The third kappa shape index (κ3) is 3.14. The Morgan fingerprint density at radius 3 is 2.48 bits per heavy atom. The van der Waals surface area contributed by atoms with E-state index in [4.69, 9.17) is 0 Å². The molecule has 2 aromatic carbocycles. The van der Waals surface area contributed by atoms with Crippen LogP contribution < -0.4 is 10.6 Å². The van der Waals surface area contributed by atoms with Crippen LogP contribution in [0.5, 0.6) is 0 Å². The van der Waals surface area contributed by atoms with E-state index in [1.807, 2.05) is 0 Å². The molecule has 1 fully saturated rings. The van der Waals surface area contributed by atoms with E-state index in [1.165, 1.54) is 11.1 Å². The van der Waals surface area contributed by atoms with Crippen molar-refractivity contribution in [3.05, 3.63) is 53.6 Å². The minimum Gasteiger partial charge on any atom is -0.326 e. The number of anilines is 1. The number of carbonyl (C=O) groups excluding carboxylic acids is 1. The molecular formula is C19H21N3O. The van der Waals surface area contributed by atoms with Gasteiger partial charge in [-0.2, -0.15) is 0 Å². The molecule has 2 aliphatic rings. The Kier molecular flexibility index (Phi) is 3.85. The zero-order valence-electron chi connectivity index (χ0n) is 13.1. The maximum absolute atomic E-state index is 11.5. The van der Waals surface area contributed by atoms with Crippen molar-refractivity contribution in [1.82, 2.24) is 10.2 Å². The molecule has 0 aromatic heterocycles. The number of carbonyl (C=O) groups is 1. The molecule has 0 spiro atoms. The molecule has 0 saturated carbocycles. The fourth-order valence-corrected chi connectivity index (χ4v) is 3.32. The van der Waals surface area contributed by atoms with E-state index in [2.05, 4.69) is 58.0 Å². The van der Waals surface area contributed by atoms with Gasteiger partial charge in [-0.25, -0.2) is 0 Å². The van der Waals surface area contributed by atoms with E-state index in [0.29, 0.717) is 6.42 Å². The first-order valence-electron chi connectivity index (χ1n) is 8.23. The lowest BCUT2D eigenvalue weighted by molar-refractivity contribution is -0.115. The summed E-state index contributed by atoms with van der Waals surface area (Å²) in [7, 11) is 0. The van der Waals surface area contributed by atoms with Crippen LogP contribution in [0.3, 0.4) is 0 Å². The molecule has 1 saturated heterocycles. The SMILES string of the molecule is O=C1Cc2ccc(-c3ccc(CN4CCNCC4)cc3)cc2N1. The van der Waals surface area contributed by atoms with Crippen LogP contribution in [0.1, 0.15) is 11.1 Å². The Labute approximate surface area is 136 Å². The van der Waals surface area contributed by atoms with Gasteiger partial charge in [-0.1, -0.05) is 36.4 Å². The van der Waals surface area contributed by atoms with Crippen LogP contribution in [0.15, 0.2) is 42.5 Å². The minimum absolute atomic E-state index is 0.0866. The first-order chi connectivity index (χ1) is 11.3. The number of nitrogens with one attached hydrogen (secondary N) is 2. The highest BCUT2D eigenvalue weighted by Crippen LogP contribution is 2.29. The van der Waals surface area contributed by atoms with Gasteiger partial charge in [0, 0.05) is 38.4 Å². The summed E-state index contributed by atoms with van der Waals surface area (Å²) in [6, 6.07) is 15.0. The summed E-state index contributed by atoms with van der Waals surface area (Å²) in [5, 5.41) is 6.30. The van der Waals surface area contributed by atoms with Gasteiger partial charge in [-0.05, 0) is 28.3 Å². The van der Waals surface area contributed by atoms with Crippen molar-refractivity contribution < 1.29 is 4.79 Å². The van der Waals surface area contributed by atoms with E-state index in [-0.39, 0.29) is 5.91 Å². The smallest absolute Gasteiger partial charge is 0.228 e. The van der Waals surface area contributed by atoms with E-state index in [1.54, 1.807) is 0 Å². The second kappa shape index (κ2) is 6.14. The summed E-state index contributed by atoms with van der Waals surface area (Å²) >= 11 is 0. The van der Waals surface area contributed by atoms with Crippen molar-refractivity contribution in [3.8, 4) is 11.1 Å². The molecule has 4 heteroatoms. The molecule has 0 aliphatic carbocycles. The Hall–Kier alpha value is -2.17. The summed E-state index contributed by atoms with van der Waals surface area (Å²) in [5.41, 5.74) is 5.74. The van der Waals surface area contributed by atoms with Gasteiger partial charge in [-0.3, -0.25) is 9.69 Å². The van der Waals surface area contributed by atoms with Gasteiger partial charge < -0.3 is 10.6 Å². The summed E-state index contributed by atoms with van der Waals surface area (Å²) in [6.07, 6.45) is 0.499. The highest BCUT2D eigenvalue weighted by Gasteiger charge is 2.17. The van der Waals surface area contributed by atoms with Gasteiger partial charge in [0.1, 0.15) is 0 Å². The topological polar surface area (TPSA) is 44.4 Å². The Balaban J connectivity index is 1.50. The van der Waals surface area contributed by atoms with Crippen LogP contribution in [0.25, 0.3) is 11.1 Å². The molecule has 2 N–H and O–H groups in total. The molecule has 4 rings (SSSR count). The predicted molar refractivity (Wildman–Crippen MR) is 92.4 cm³/mol. The highest BCUT2D eigenvalue weighted by atomic mass is 16.1. The maximum Gasteiger partial charge on any atom is 0.228 e. The zero-order chi connectivity index (χ0) is 15.6. The molecule has 2 heterocycles. The summed E-state index contributed by atoms with van der Waals surface area (Å²) in [6.45, 7) is 5.42. The zero-order valence-corrected chi connectivity index (χ0v) is 13.1. The Morgan fingerprint density at radius 1 is 0.957 bits per heavy atom. The van der Waals surface area contributed by atoms with E-state index in [9.17, 15) is 4.79 Å². The van der Waals surface area contributed by atoms with Gasteiger partial charge >= 0.3 is 0 Å². The first kappa shape index (κ1) is 14.4. The van der Waals surface area contributed by atoms with Crippen molar-refractivity contribution in [2.45, 2.75) is 13.0 Å². The molecule has 23 heavy (non-hydrogen) atoms. The second-order valence-electron chi connectivity index (χ2n) is 6.32. The fraction of sp³-hybridized carbons (Fsp3) is 0.316. The standard InChI is InChI=1S/C19H21N3O/c23-19-12-17-6-5-16(11-18(17)21-19)15-3-1-14(2-4-15)13-22-9-7-20-8-10-22/h1-6,11,20H,7-10,12-13H2,(H,21,23). The van der Waals surface area contributed by atoms with Gasteiger partial charge in [0.15, 0.2) is 0 Å². The van der Waals surface area contributed by atoms with E-state index >= 15 is 0 Å². The van der Waals surface area contributed by atoms with Gasteiger partial charge in [0.05, 0.1) is 6.42 Å². The molecular weight excluding hydrogens is 286 g/mol. The third-order valence-corrected chi connectivity index (χ3v) is 4.64. The van der Waals surface area contributed by atoms with Crippen LogP contribution in [0.2, 0.25) is 0 Å². The van der Waals surface area contributed by atoms with Crippen LogP contribution >= 0.6 is 0 Å². The van der Waals surface area contributed by atoms with Gasteiger partial charge in [0.2, 0.25) is 5.91 Å². The molecule has 0 radical (unpaired) electrons. The number of piperazine rings is 1. The van der Waals surface area contributed by atoms with Gasteiger partial charge in [0.25, 0.3) is 0 Å². The van der Waals surface area contributed by atoms with Crippen molar-refractivity contribution in [3.63, 3.8) is 0 Å². The van der Waals surface area contributed by atoms with E-state index < -0.39 is 0 Å². The van der Waals surface area contributed by atoms with Crippen LogP contribution in [0.4, 0.5) is 5.69 Å². The van der Waals surface area contributed by atoms with Crippen LogP contribution in [0, 0.1) is 0 Å². The lowest BCUT2D eigenvalue weighted by Crippen LogP contribution is -2.42. The quantitative estimate of drug-likeness (QED) is 0.914. The number of benzene rings is 2. The number of rotatable bonds is 3. The fourth-order valence-electron chi connectivity index (χ4n) is 3.32. The number of fused-ring (bicyclic) bond motifs is 1. The van der Waals surface area contributed by atoms with Crippen LogP contribution in [-0.2, 0) is 17.8 Å². The third-order valence-electron chi connectivity index (χ3n) is 4.64. The summed E-state index contributed by atoms with van der Waals surface area (Å²) in [5.74, 6) is 0.0866. The molecule has 2 aromatic rings. The largest absolute Gasteiger partial charge is 0.326 e. The number of hydrogen-bond donors (Lipinski definition) is 2. The normalized spacial score (nSPS) is 17.8. The molecule has 4 nitrogen and oxygen atoms in total. The average Bonchev–Trinajstić information content (AvgIpc) is 2.95. The number of hydrogen-bond acceptors (Lipinski definition) is 3. The highest BCUT2D eigenvalue weighted by molar-refractivity contribution is 5.99. The maximum atomic E-state index is 11.5. The summed E-state index contributed by atoms with van der Waals surface area (Å²) < 4.78 is 0. The van der Waals surface area contributed by atoms with Crippen molar-refractivity contribution in [2.75, 3.05) is 31.5 Å². The number of amides is 1. The van der Waals surface area contributed by atoms with Crippen LogP contribution in [-0.4, -0.2) is 37.0 Å². The monoisotopic (exact) mass is 307 g/mol. The van der Waals surface area contributed by atoms with Crippen molar-refractivity contribution in [1.29, 1.82) is 0 Å². The van der Waals surface area contributed by atoms with Crippen molar-refractivity contribution >= 4 is 11.6 Å².